The molecule has 3 rings (SSSR count). The molecule has 0 radical (unpaired) electrons. The number of hydrogen-bond donors (Lipinski definition) is 2. The fraction of sp³-hybridized carbons (Fsp3) is 0.389. The number of benzene rings is 1. The molecule has 0 aliphatic carbocycles. The van der Waals surface area contributed by atoms with Crippen LogP contribution in [0.15, 0.2) is 35.3 Å². The van der Waals surface area contributed by atoms with Gasteiger partial charge in [0.05, 0.1) is 11.9 Å². The van der Waals surface area contributed by atoms with Crippen LogP contribution in [0.1, 0.15) is 24.0 Å². The second-order valence-electron chi connectivity index (χ2n) is 6.36. The fourth-order valence-electron chi connectivity index (χ4n) is 3.02. The monoisotopic (exact) mass is 360 g/mol. The van der Waals surface area contributed by atoms with E-state index in [1.165, 1.54) is 5.56 Å². The molecule has 1 aromatic carbocycles. The van der Waals surface area contributed by atoms with E-state index in [4.69, 9.17) is 11.6 Å². The summed E-state index contributed by atoms with van der Waals surface area (Å²) in [5.74, 6) is 0.0609. The number of rotatable bonds is 4. The molecule has 1 aliphatic rings. The van der Waals surface area contributed by atoms with E-state index in [2.05, 4.69) is 15.5 Å². The maximum absolute atomic E-state index is 12.4. The third kappa shape index (κ3) is 4.20. The van der Waals surface area contributed by atoms with Crippen molar-refractivity contribution in [2.75, 3.05) is 18.0 Å². The summed E-state index contributed by atoms with van der Waals surface area (Å²) in [5.41, 5.74) is 2.54. The number of carbonyl (C=O) groups is 1. The average molecular weight is 361 g/mol. The lowest BCUT2D eigenvalue weighted by atomic mass is 9.95. The fourth-order valence-corrected chi connectivity index (χ4v) is 3.23. The number of anilines is 1. The van der Waals surface area contributed by atoms with Crippen molar-refractivity contribution >= 4 is 23.2 Å². The van der Waals surface area contributed by atoms with Crippen molar-refractivity contribution in [2.45, 2.75) is 26.3 Å². The summed E-state index contributed by atoms with van der Waals surface area (Å²) in [6, 6.07) is 8.14. The lowest BCUT2D eigenvalue weighted by Gasteiger charge is -2.32. The van der Waals surface area contributed by atoms with Crippen LogP contribution in [0, 0.1) is 12.8 Å². The van der Waals surface area contributed by atoms with E-state index in [0.717, 1.165) is 18.4 Å². The Morgan fingerprint density at radius 3 is 2.68 bits per heavy atom. The first-order valence-corrected chi connectivity index (χ1v) is 8.74. The molecule has 132 valence electrons. The van der Waals surface area contributed by atoms with Crippen LogP contribution in [0.5, 0.6) is 0 Å². The highest BCUT2D eigenvalue weighted by atomic mass is 35.5. The van der Waals surface area contributed by atoms with E-state index in [1.54, 1.807) is 6.20 Å². The molecule has 2 aromatic rings. The predicted octanol–water partition coefficient (Wildman–Crippen LogP) is 2.26. The minimum absolute atomic E-state index is 0.0181. The number of aryl methyl sites for hydroxylation is 1. The molecule has 1 fully saturated rings. The van der Waals surface area contributed by atoms with Gasteiger partial charge in [0.1, 0.15) is 5.02 Å². The summed E-state index contributed by atoms with van der Waals surface area (Å²) in [5, 5.41) is 9.28. The van der Waals surface area contributed by atoms with Gasteiger partial charge in [-0.15, -0.1) is 0 Å². The van der Waals surface area contributed by atoms with Crippen LogP contribution in [-0.2, 0) is 11.3 Å². The normalized spacial score (nSPS) is 15.2. The molecular weight excluding hydrogens is 340 g/mol. The Hall–Kier alpha value is -2.34. The number of H-pyrrole nitrogens is 1. The molecule has 1 aliphatic heterocycles. The third-order valence-corrected chi connectivity index (χ3v) is 4.94. The van der Waals surface area contributed by atoms with E-state index in [1.807, 2.05) is 36.1 Å². The van der Waals surface area contributed by atoms with Crippen LogP contribution in [0.2, 0.25) is 5.02 Å². The summed E-state index contributed by atoms with van der Waals surface area (Å²) in [6.45, 7) is 3.93. The van der Waals surface area contributed by atoms with Gasteiger partial charge in [-0.05, 0) is 25.3 Å². The van der Waals surface area contributed by atoms with E-state index in [-0.39, 0.29) is 16.8 Å². The van der Waals surface area contributed by atoms with Gasteiger partial charge in [0.2, 0.25) is 5.91 Å². The van der Waals surface area contributed by atoms with Crippen LogP contribution in [-0.4, -0.2) is 29.2 Å². The molecule has 2 N–H and O–H groups in total. The van der Waals surface area contributed by atoms with E-state index >= 15 is 0 Å². The van der Waals surface area contributed by atoms with Gasteiger partial charge in [0.25, 0.3) is 5.56 Å². The maximum atomic E-state index is 12.4. The van der Waals surface area contributed by atoms with Crippen LogP contribution in [0.3, 0.4) is 0 Å². The molecule has 1 aromatic heterocycles. The first kappa shape index (κ1) is 17.5. The van der Waals surface area contributed by atoms with Gasteiger partial charge in [-0.1, -0.05) is 41.4 Å². The molecule has 0 spiro atoms. The standard InChI is InChI=1S/C18H21ClN4O2/c1-12-2-4-13(5-3-12)10-20-17(24)14-6-8-23(9-7-14)15-11-21-22-18(25)16(15)19/h2-5,11,14H,6-10H2,1H3,(H,20,24)(H,22,25). The average Bonchev–Trinajstić information content (AvgIpc) is 2.63. The van der Waals surface area contributed by atoms with Gasteiger partial charge in [-0.3, -0.25) is 9.59 Å². The molecule has 1 amide bonds. The molecule has 0 unspecified atom stereocenters. The van der Waals surface area contributed by atoms with Gasteiger partial charge in [0, 0.05) is 25.6 Å². The van der Waals surface area contributed by atoms with Crippen molar-refractivity contribution in [3.63, 3.8) is 0 Å². The van der Waals surface area contributed by atoms with Gasteiger partial charge >= 0.3 is 0 Å². The molecule has 0 atom stereocenters. The van der Waals surface area contributed by atoms with Crippen LogP contribution >= 0.6 is 11.6 Å². The summed E-state index contributed by atoms with van der Waals surface area (Å²) in [4.78, 5) is 25.9. The number of aromatic amines is 1. The van der Waals surface area contributed by atoms with Gasteiger partial charge in [0.15, 0.2) is 0 Å². The number of piperidine rings is 1. The highest BCUT2D eigenvalue weighted by Gasteiger charge is 2.26. The van der Waals surface area contributed by atoms with E-state index < -0.39 is 5.56 Å². The second-order valence-corrected chi connectivity index (χ2v) is 6.74. The highest BCUT2D eigenvalue weighted by Crippen LogP contribution is 2.26. The number of carbonyl (C=O) groups excluding carboxylic acids is 1. The van der Waals surface area contributed by atoms with Crippen molar-refractivity contribution in [2.24, 2.45) is 5.92 Å². The molecule has 0 saturated carbocycles. The Kier molecular flexibility index (Phi) is 5.38. The molecule has 7 heteroatoms. The second kappa shape index (κ2) is 7.70. The van der Waals surface area contributed by atoms with E-state index in [0.29, 0.717) is 25.3 Å². The Morgan fingerprint density at radius 2 is 2.00 bits per heavy atom. The quantitative estimate of drug-likeness (QED) is 0.876. The first-order chi connectivity index (χ1) is 12.0. The number of nitrogens with one attached hydrogen (secondary N) is 2. The van der Waals surface area contributed by atoms with Crippen molar-refractivity contribution in [1.29, 1.82) is 0 Å². The first-order valence-electron chi connectivity index (χ1n) is 8.36. The van der Waals surface area contributed by atoms with Crippen molar-refractivity contribution in [3.8, 4) is 0 Å². The molecule has 6 nitrogen and oxygen atoms in total. The lowest BCUT2D eigenvalue weighted by Crippen LogP contribution is -2.41. The van der Waals surface area contributed by atoms with Crippen molar-refractivity contribution in [3.05, 3.63) is 57.0 Å². The van der Waals surface area contributed by atoms with Gasteiger partial charge in [-0.2, -0.15) is 5.10 Å². The Labute approximate surface area is 151 Å². The minimum atomic E-state index is -0.392. The van der Waals surface area contributed by atoms with Crippen LogP contribution in [0.4, 0.5) is 5.69 Å². The summed E-state index contributed by atoms with van der Waals surface area (Å²) < 4.78 is 0. The Balaban J connectivity index is 1.53. The molecule has 0 bridgehead atoms. The van der Waals surface area contributed by atoms with Crippen molar-refractivity contribution in [1.82, 2.24) is 15.5 Å². The number of halogens is 1. The summed E-state index contributed by atoms with van der Waals surface area (Å²) >= 11 is 6.05. The number of amides is 1. The summed E-state index contributed by atoms with van der Waals surface area (Å²) in [7, 11) is 0. The minimum Gasteiger partial charge on any atom is -0.369 e. The van der Waals surface area contributed by atoms with Crippen LogP contribution < -0.4 is 15.8 Å². The largest absolute Gasteiger partial charge is 0.369 e. The third-order valence-electron chi connectivity index (χ3n) is 4.57. The highest BCUT2D eigenvalue weighted by molar-refractivity contribution is 6.33. The topological polar surface area (TPSA) is 78.1 Å². The number of aromatic nitrogens is 2. The smallest absolute Gasteiger partial charge is 0.285 e. The number of nitrogens with zero attached hydrogens (tertiary/aromatic N) is 2. The summed E-state index contributed by atoms with van der Waals surface area (Å²) in [6.07, 6.45) is 3.01. The van der Waals surface area contributed by atoms with Gasteiger partial charge in [-0.25, -0.2) is 5.10 Å². The van der Waals surface area contributed by atoms with Gasteiger partial charge < -0.3 is 10.2 Å². The Morgan fingerprint density at radius 1 is 1.32 bits per heavy atom. The molecule has 1 saturated heterocycles. The maximum Gasteiger partial charge on any atom is 0.285 e. The lowest BCUT2D eigenvalue weighted by molar-refractivity contribution is -0.125. The molecule has 2 heterocycles. The molecular formula is C18H21ClN4O2. The SMILES string of the molecule is Cc1ccc(CNC(=O)C2CCN(c3cn[nH]c(=O)c3Cl)CC2)cc1. The number of hydrogen-bond acceptors (Lipinski definition) is 4. The zero-order valence-corrected chi connectivity index (χ0v) is 14.8. The molecule has 25 heavy (non-hydrogen) atoms. The Bertz CT molecular complexity index is 795. The zero-order valence-electron chi connectivity index (χ0n) is 14.1. The van der Waals surface area contributed by atoms with E-state index in [9.17, 15) is 9.59 Å². The van der Waals surface area contributed by atoms with Crippen LogP contribution in [0.25, 0.3) is 0 Å². The van der Waals surface area contributed by atoms with Crippen molar-refractivity contribution < 1.29 is 4.79 Å². The zero-order chi connectivity index (χ0) is 17.8. The predicted molar refractivity (Wildman–Crippen MR) is 97.8 cm³/mol.